The lowest BCUT2D eigenvalue weighted by atomic mass is 9.94. The molecule has 1 amide bonds. The van der Waals surface area contributed by atoms with Crippen LogP contribution < -0.4 is 16.2 Å². The van der Waals surface area contributed by atoms with E-state index >= 15 is 0 Å². The fourth-order valence-corrected chi connectivity index (χ4v) is 8.00. The van der Waals surface area contributed by atoms with Crippen LogP contribution in [-0.4, -0.2) is 77.7 Å². The number of rotatable bonds is 10. The number of ether oxygens (including phenoxy) is 1. The van der Waals surface area contributed by atoms with Crippen LogP contribution in [0.3, 0.4) is 0 Å². The number of fused-ring (bicyclic) bond motifs is 1. The Bertz CT molecular complexity index is 2280. The van der Waals surface area contributed by atoms with Gasteiger partial charge in [-0.1, -0.05) is 49.7 Å². The number of hydrogen-bond acceptors (Lipinski definition) is 6. The second kappa shape index (κ2) is 18.9. The standard InChI is InChI=1S/C27H27ClF4N2O3.C15H18F4N2O2/c1-33-22-9-7-16(14-34-11-3-6-19(29)15-34)12-20(22)24(27(30,31)32)21(26(33)37)13-18-5-2-4-17(25(18)28)8-10-23(35)36;1-8(2)10-5-9(6-11(16)13(10)14(20)22)21-3-4-23-7-12(21)15(17,18)19/h2,4-5,7,9,12,19H,3,6,8,10-11,13-15H2,1H3,(H,35,36);5-6,8,12H,3-4,7H2,1-2H3,(H2,20,22). The summed E-state index contributed by atoms with van der Waals surface area (Å²) >= 11 is 6.45. The molecular formula is C42H45ClF8N4O5. The number of carbonyl (C=O) groups is 2. The molecule has 0 aliphatic carbocycles. The number of aryl methyl sites for hydroxylation is 2. The van der Waals surface area contributed by atoms with E-state index in [2.05, 4.69) is 0 Å². The molecule has 9 nitrogen and oxygen atoms in total. The number of carboxylic acids is 1. The molecule has 2 aliphatic rings. The number of nitrogens with two attached hydrogens (primary N) is 1. The Hall–Kier alpha value is -4.74. The van der Waals surface area contributed by atoms with Crippen LogP contribution in [-0.2, 0) is 42.1 Å². The van der Waals surface area contributed by atoms with Crippen molar-refractivity contribution in [3.05, 3.63) is 109 Å². The number of amides is 1. The van der Waals surface area contributed by atoms with Crippen LogP contribution in [0.2, 0.25) is 5.02 Å². The van der Waals surface area contributed by atoms with Crippen molar-refractivity contribution in [3.63, 3.8) is 0 Å². The van der Waals surface area contributed by atoms with Crippen molar-refractivity contribution in [2.45, 2.75) is 83.0 Å². The second-order valence-electron chi connectivity index (χ2n) is 15.2. The maximum absolute atomic E-state index is 14.5. The summed E-state index contributed by atoms with van der Waals surface area (Å²) < 4.78 is 117. The fourth-order valence-electron chi connectivity index (χ4n) is 7.72. The Morgan fingerprint density at radius 1 is 1.03 bits per heavy atom. The quantitative estimate of drug-likeness (QED) is 0.153. The van der Waals surface area contributed by atoms with E-state index in [1.165, 1.54) is 35.9 Å². The van der Waals surface area contributed by atoms with Crippen LogP contribution in [0.5, 0.6) is 0 Å². The molecule has 60 heavy (non-hydrogen) atoms. The lowest BCUT2D eigenvalue weighted by molar-refractivity contribution is -0.167. The Morgan fingerprint density at radius 3 is 2.35 bits per heavy atom. The van der Waals surface area contributed by atoms with Gasteiger partial charge in [-0.15, -0.1) is 0 Å². The molecule has 1 aromatic heterocycles. The lowest BCUT2D eigenvalue weighted by Gasteiger charge is -2.38. The second-order valence-corrected chi connectivity index (χ2v) is 15.6. The highest BCUT2D eigenvalue weighted by molar-refractivity contribution is 6.32. The van der Waals surface area contributed by atoms with Gasteiger partial charge in [0.25, 0.3) is 11.5 Å². The number of nitrogens with zero attached hydrogens (tertiary/aromatic N) is 3. The summed E-state index contributed by atoms with van der Waals surface area (Å²) in [7, 11) is 1.43. The number of pyridine rings is 1. The largest absolute Gasteiger partial charge is 0.481 e. The summed E-state index contributed by atoms with van der Waals surface area (Å²) in [4.78, 5) is 38.5. The molecule has 2 fully saturated rings. The van der Waals surface area contributed by atoms with Crippen molar-refractivity contribution in [1.29, 1.82) is 0 Å². The van der Waals surface area contributed by atoms with Crippen molar-refractivity contribution in [2.75, 3.05) is 37.7 Å². The summed E-state index contributed by atoms with van der Waals surface area (Å²) in [5.41, 5.74) is 4.59. The zero-order valence-corrected chi connectivity index (χ0v) is 33.8. The SMILES string of the molecule is CC(C)c1cc(N2CCOCC2C(F)(F)F)cc(F)c1C(N)=O.Cn1c(=O)c(Cc2cccc(CCC(=O)O)c2Cl)c(C(F)(F)F)c2cc(CN3CCCC(F)C3)ccc21. The summed E-state index contributed by atoms with van der Waals surface area (Å²) in [6.07, 6.45) is -9.54. The van der Waals surface area contributed by atoms with E-state index in [1.807, 2.05) is 4.90 Å². The van der Waals surface area contributed by atoms with Crippen LogP contribution in [0.4, 0.5) is 40.8 Å². The first kappa shape index (κ1) is 46.3. The van der Waals surface area contributed by atoms with E-state index in [4.69, 9.17) is 27.2 Å². The molecule has 18 heteroatoms. The summed E-state index contributed by atoms with van der Waals surface area (Å²) in [5, 5.41) is 9.02. The van der Waals surface area contributed by atoms with Gasteiger partial charge in [0.15, 0.2) is 0 Å². The smallest absolute Gasteiger partial charge is 0.417 e. The normalized spacial score (nSPS) is 17.8. The molecule has 0 spiro atoms. The van der Waals surface area contributed by atoms with Crippen LogP contribution in [0.15, 0.2) is 53.3 Å². The van der Waals surface area contributed by atoms with Crippen molar-refractivity contribution in [2.24, 2.45) is 12.8 Å². The van der Waals surface area contributed by atoms with Crippen LogP contribution in [0.25, 0.3) is 10.9 Å². The van der Waals surface area contributed by atoms with Gasteiger partial charge in [-0.2, -0.15) is 26.3 Å². The number of aromatic nitrogens is 1. The van der Waals surface area contributed by atoms with Crippen molar-refractivity contribution < 1.29 is 54.6 Å². The van der Waals surface area contributed by atoms with Gasteiger partial charge in [-0.25, -0.2) is 8.78 Å². The fraction of sp³-hybridized carbons (Fsp3) is 0.452. The van der Waals surface area contributed by atoms with Crippen molar-refractivity contribution in [3.8, 4) is 0 Å². The number of carbonyl (C=O) groups excluding carboxylic acids is 1. The van der Waals surface area contributed by atoms with E-state index < -0.39 is 65.6 Å². The van der Waals surface area contributed by atoms with Gasteiger partial charge in [0.2, 0.25) is 0 Å². The Morgan fingerprint density at radius 2 is 1.73 bits per heavy atom. The first-order valence-corrected chi connectivity index (χ1v) is 19.6. The number of likely N-dealkylation sites (tertiary alicyclic amines) is 1. The third-order valence-electron chi connectivity index (χ3n) is 10.6. The summed E-state index contributed by atoms with van der Waals surface area (Å²) in [5.74, 6) is -3.14. The monoisotopic (exact) mass is 872 g/mol. The minimum absolute atomic E-state index is 0.0168. The maximum Gasteiger partial charge on any atom is 0.417 e. The average molecular weight is 873 g/mol. The lowest BCUT2D eigenvalue weighted by Crippen LogP contribution is -2.53. The molecule has 0 radical (unpaired) electrons. The molecule has 0 saturated carbocycles. The highest BCUT2D eigenvalue weighted by Crippen LogP contribution is 2.39. The first-order chi connectivity index (χ1) is 28.1. The van der Waals surface area contributed by atoms with E-state index in [-0.39, 0.29) is 72.1 Å². The number of aliphatic carboxylic acids is 1. The zero-order valence-electron chi connectivity index (χ0n) is 33.0. The van der Waals surface area contributed by atoms with Gasteiger partial charge >= 0.3 is 18.3 Å². The van der Waals surface area contributed by atoms with Crippen LogP contribution in [0, 0.1) is 5.82 Å². The molecule has 0 bridgehead atoms. The molecule has 2 saturated heterocycles. The predicted octanol–water partition coefficient (Wildman–Crippen LogP) is 8.57. The van der Waals surface area contributed by atoms with Gasteiger partial charge in [-0.05, 0) is 78.2 Å². The highest BCUT2D eigenvalue weighted by Gasteiger charge is 2.46. The number of halogens is 9. The molecule has 326 valence electrons. The number of carboxylic acid groups (broad SMARTS) is 1. The maximum atomic E-state index is 14.5. The van der Waals surface area contributed by atoms with Gasteiger partial charge in [0, 0.05) is 61.2 Å². The number of hydrogen-bond donors (Lipinski definition) is 2. The van der Waals surface area contributed by atoms with E-state index in [0.717, 1.165) is 11.0 Å². The van der Waals surface area contributed by atoms with Gasteiger partial charge in [0.1, 0.15) is 18.0 Å². The molecule has 3 aromatic carbocycles. The molecule has 2 unspecified atom stereocenters. The average Bonchev–Trinajstić information content (AvgIpc) is 3.16. The molecule has 4 aromatic rings. The molecule has 6 rings (SSSR count). The number of primary amides is 1. The number of benzene rings is 3. The molecule has 2 atom stereocenters. The number of piperidine rings is 1. The Balaban J connectivity index is 0.000000255. The molecule has 3 N–H and O–H groups in total. The summed E-state index contributed by atoms with van der Waals surface area (Å²) in [6, 6.07) is 9.83. The number of anilines is 1. The van der Waals surface area contributed by atoms with E-state index in [1.54, 1.807) is 32.0 Å². The van der Waals surface area contributed by atoms with E-state index in [0.29, 0.717) is 48.2 Å². The predicted molar refractivity (Wildman–Crippen MR) is 211 cm³/mol. The minimum Gasteiger partial charge on any atom is -0.481 e. The number of alkyl halides is 7. The third-order valence-corrected chi connectivity index (χ3v) is 11.1. The minimum atomic E-state index is -4.82. The molecule has 3 heterocycles. The highest BCUT2D eigenvalue weighted by atomic mass is 35.5. The Kier molecular flexibility index (Phi) is 14.6. The van der Waals surface area contributed by atoms with Crippen molar-refractivity contribution >= 4 is 40.1 Å². The molecular weight excluding hydrogens is 828 g/mol. The first-order valence-electron chi connectivity index (χ1n) is 19.2. The third kappa shape index (κ3) is 10.8. The Labute approximate surface area is 345 Å². The van der Waals surface area contributed by atoms with Gasteiger partial charge < -0.3 is 25.0 Å². The number of morpholine rings is 1. The van der Waals surface area contributed by atoms with Crippen LogP contribution >= 0.6 is 11.6 Å². The summed E-state index contributed by atoms with van der Waals surface area (Å²) in [6.45, 7) is 4.22. The topological polar surface area (TPSA) is 118 Å². The zero-order chi connectivity index (χ0) is 44.3. The van der Waals surface area contributed by atoms with Crippen LogP contribution in [0.1, 0.15) is 82.8 Å². The van der Waals surface area contributed by atoms with Crippen molar-refractivity contribution in [1.82, 2.24) is 9.47 Å². The van der Waals surface area contributed by atoms with Gasteiger partial charge in [0.05, 0.1) is 29.9 Å². The van der Waals surface area contributed by atoms with Gasteiger partial charge in [-0.3, -0.25) is 19.3 Å². The van der Waals surface area contributed by atoms with E-state index in [9.17, 15) is 49.5 Å². The molecule has 2 aliphatic heterocycles.